The van der Waals surface area contributed by atoms with Crippen LogP contribution in [0.25, 0.3) is 0 Å². The molecule has 0 saturated carbocycles. The molecule has 0 unspecified atom stereocenters. The first-order valence-electron chi connectivity index (χ1n) is 8.79. The highest BCUT2D eigenvalue weighted by Crippen LogP contribution is 2.26. The Morgan fingerprint density at radius 2 is 1.80 bits per heavy atom. The minimum absolute atomic E-state index is 0.109. The predicted octanol–water partition coefficient (Wildman–Crippen LogP) is 3.30. The third kappa shape index (κ3) is 3.99. The van der Waals surface area contributed by atoms with Crippen molar-refractivity contribution in [2.24, 2.45) is 0 Å². The average Bonchev–Trinajstić information content (AvgIpc) is 2.98. The molecule has 2 saturated heterocycles. The standard InChI is InChI=1S/C20H22F2N2O/c21-16-6-4-15(5-7-16)12-23-8-9-24-14-20(11-18(24)13-23)25-19-3-1-2-17(22)10-19/h1-7,10,18,20H,8-9,11-14H2/t18-,20+/m1/s1. The van der Waals surface area contributed by atoms with E-state index in [4.69, 9.17) is 4.74 Å². The van der Waals surface area contributed by atoms with Crippen molar-refractivity contribution in [2.75, 3.05) is 26.2 Å². The first-order chi connectivity index (χ1) is 12.2. The number of halogens is 2. The van der Waals surface area contributed by atoms with Crippen molar-refractivity contribution in [1.29, 1.82) is 0 Å². The Morgan fingerprint density at radius 1 is 0.960 bits per heavy atom. The fourth-order valence-electron chi connectivity index (χ4n) is 3.87. The largest absolute Gasteiger partial charge is 0.489 e. The molecule has 132 valence electrons. The van der Waals surface area contributed by atoms with Crippen molar-refractivity contribution >= 4 is 0 Å². The van der Waals surface area contributed by atoms with E-state index in [9.17, 15) is 8.78 Å². The Bertz CT molecular complexity index is 722. The van der Waals surface area contributed by atoms with Gasteiger partial charge in [0.1, 0.15) is 23.5 Å². The molecular formula is C20H22F2N2O. The van der Waals surface area contributed by atoms with Crippen molar-refractivity contribution in [2.45, 2.75) is 25.1 Å². The van der Waals surface area contributed by atoms with E-state index in [0.29, 0.717) is 11.8 Å². The fraction of sp³-hybridized carbons (Fsp3) is 0.400. The van der Waals surface area contributed by atoms with Crippen LogP contribution in [0.3, 0.4) is 0 Å². The Kier molecular flexibility index (Phi) is 4.68. The fourth-order valence-corrected chi connectivity index (χ4v) is 3.87. The second-order valence-electron chi connectivity index (χ2n) is 6.94. The third-order valence-corrected chi connectivity index (χ3v) is 5.08. The minimum Gasteiger partial charge on any atom is -0.489 e. The van der Waals surface area contributed by atoms with Gasteiger partial charge in [-0.1, -0.05) is 18.2 Å². The molecule has 3 nitrogen and oxygen atoms in total. The van der Waals surface area contributed by atoms with Crippen LogP contribution in [-0.2, 0) is 6.54 Å². The summed E-state index contributed by atoms with van der Waals surface area (Å²) in [5.74, 6) is 0.147. The monoisotopic (exact) mass is 344 g/mol. The van der Waals surface area contributed by atoms with Crippen molar-refractivity contribution in [3.05, 3.63) is 65.7 Å². The topological polar surface area (TPSA) is 15.7 Å². The van der Waals surface area contributed by atoms with Crippen LogP contribution < -0.4 is 4.74 Å². The maximum Gasteiger partial charge on any atom is 0.126 e. The van der Waals surface area contributed by atoms with Gasteiger partial charge in [-0.15, -0.1) is 0 Å². The summed E-state index contributed by atoms with van der Waals surface area (Å²) in [6, 6.07) is 13.6. The van der Waals surface area contributed by atoms with E-state index in [2.05, 4.69) is 9.80 Å². The van der Waals surface area contributed by atoms with Crippen LogP contribution in [0.15, 0.2) is 48.5 Å². The highest BCUT2D eigenvalue weighted by Gasteiger charge is 2.37. The summed E-state index contributed by atoms with van der Waals surface area (Å²) in [5, 5.41) is 0. The highest BCUT2D eigenvalue weighted by atomic mass is 19.1. The van der Waals surface area contributed by atoms with Crippen molar-refractivity contribution < 1.29 is 13.5 Å². The van der Waals surface area contributed by atoms with Crippen LogP contribution in [0.5, 0.6) is 5.75 Å². The van der Waals surface area contributed by atoms with E-state index in [1.165, 1.54) is 24.3 Å². The van der Waals surface area contributed by atoms with Crippen LogP contribution in [0, 0.1) is 11.6 Å². The summed E-state index contributed by atoms with van der Waals surface area (Å²) in [7, 11) is 0. The zero-order chi connectivity index (χ0) is 17.2. The number of hydrogen-bond acceptors (Lipinski definition) is 3. The molecular weight excluding hydrogens is 322 g/mol. The maximum atomic E-state index is 13.3. The summed E-state index contributed by atoms with van der Waals surface area (Å²) in [5.41, 5.74) is 1.14. The zero-order valence-electron chi connectivity index (χ0n) is 14.1. The number of piperazine rings is 1. The molecule has 5 heteroatoms. The Hall–Kier alpha value is -1.98. The number of rotatable bonds is 4. The molecule has 0 aliphatic carbocycles. The lowest BCUT2D eigenvalue weighted by Gasteiger charge is -2.37. The van der Waals surface area contributed by atoms with Crippen molar-refractivity contribution in [3.8, 4) is 5.75 Å². The second-order valence-corrected chi connectivity index (χ2v) is 6.94. The van der Waals surface area contributed by atoms with Gasteiger partial charge in [0.25, 0.3) is 0 Å². The van der Waals surface area contributed by atoms with Gasteiger partial charge in [0.15, 0.2) is 0 Å². The third-order valence-electron chi connectivity index (χ3n) is 5.08. The molecule has 25 heavy (non-hydrogen) atoms. The van der Waals surface area contributed by atoms with Gasteiger partial charge < -0.3 is 4.74 Å². The smallest absolute Gasteiger partial charge is 0.126 e. The molecule has 2 heterocycles. The normalized spacial score (nSPS) is 24.2. The van der Waals surface area contributed by atoms with Gasteiger partial charge >= 0.3 is 0 Å². The molecule has 0 spiro atoms. The van der Waals surface area contributed by atoms with Crippen molar-refractivity contribution in [3.63, 3.8) is 0 Å². The van der Waals surface area contributed by atoms with E-state index in [-0.39, 0.29) is 17.7 Å². The molecule has 2 fully saturated rings. The van der Waals surface area contributed by atoms with Gasteiger partial charge in [0.05, 0.1) is 0 Å². The van der Waals surface area contributed by atoms with E-state index in [0.717, 1.165) is 44.7 Å². The lowest BCUT2D eigenvalue weighted by Crippen LogP contribution is -2.49. The number of benzene rings is 2. The van der Waals surface area contributed by atoms with Crippen LogP contribution in [0.2, 0.25) is 0 Å². The molecule has 2 aliphatic heterocycles. The number of ether oxygens (including phenoxy) is 1. The summed E-state index contributed by atoms with van der Waals surface area (Å²) in [6.45, 7) is 4.74. The van der Waals surface area contributed by atoms with Crippen molar-refractivity contribution in [1.82, 2.24) is 9.80 Å². The predicted molar refractivity (Wildman–Crippen MR) is 92.5 cm³/mol. The molecule has 2 aliphatic rings. The lowest BCUT2D eigenvalue weighted by atomic mass is 10.1. The Labute approximate surface area is 146 Å². The van der Waals surface area contributed by atoms with E-state index < -0.39 is 0 Å². The molecule has 0 radical (unpaired) electrons. The molecule has 0 bridgehead atoms. The Morgan fingerprint density at radius 3 is 2.60 bits per heavy atom. The number of nitrogens with zero attached hydrogens (tertiary/aromatic N) is 2. The van der Waals surface area contributed by atoms with Crippen LogP contribution in [0.1, 0.15) is 12.0 Å². The summed E-state index contributed by atoms with van der Waals surface area (Å²) < 4.78 is 32.3. The zero-order valence-corrected chi connectivity index (χ0v) is 14.1. The lowest BCUT2D eigenvalue weighted by molar-refractivity contribution is 0.0978. The summed E-state index contributed by atoms with van der Waals surface area (Å²) in [4.78, 5) is 4.88. The molecule has 0 amide bonds. The number of hydrogen-bond donors (Lipinski definition) is 0. The van der Waals surface area contributed by atoms with E-state index >= 15 is 0 Å². The molecule has 4 rings (SSSR count). The molecule has 2 aromatic rings. The molecule has 0 aromatic heterocycles. The van der Waals surface area contributed by atoms with Gasteiger partial charge in [0, 0.05) is 51.3 Å². The van der Waals surface area contributed by atoms with E-state index in [1.807, 2.05) is 12.1 Å². The Balaban J connectivity index is 1.33. The highest BCUT2D eigenvalue weighted by molar-refractivity contribution is 5.23. The SMILES string of the molecule is Fc1ccc(CN2CCN3C[C@@H](Oc4cccc(F)c4)C[C@@H]3C2)cc1. The number of fused-ring (bicyclic) bond motifs is 1. The van der Waals surface area contributed by atoms with Crippen LogP contribution in [-0.4, -0.2) is 48.1 Å². The van der Waals surface area contributed by atoms with Crippen LogP contribution in [0.4, 0.5) is 8.78 Å². The van der Waals surface area contributed by atoms with Gasteiger partial charge in [0.2, 0.25) is 0 Å². The molecule has 0 N–H and O–H groups in total. The quantitative estimate of drug-likeness (QED) is 0.846. The van der Waals surface area contributed by atoms with Gasteiger partial charge in [-0.2, -0.15) is 0 Å². The van der Waals surface area contributed by atoms with Gasteiger partial charge in [-0.3, -0.25) is 9.80 Å². The summed E-state index contributed by atoms with van der Waals surface area (Å²) >= 11 is 0. The first-order valence-corrected chi connectivity index (χ1v) is 8.79. The van der Waals surface area contributed by atoms with Crippen LogP contribution >= 0.6 is 0 Å². The van der Waals surface area contributed by atoms with E-state index in [1.54, 1.807) is 12.1 Å². The molecule has 2 atom stereocenters. The summed E-state index contributed by atoms with van der Waals surface area (Å²) in [6.07, 6.45) is 1.06. The second kappa shape index (κ2) is 7.10. The van der Waals surface area contributed by atoms with Gasteiger partial charge in [-0.05, 0) is 29.8 Å². The average molecular weight is 344 g/mol. The molecule has 2 aromatic carbocycles. The van der Waals surface area contributed by atoms with Gasteiger partial charge in [-0.25, -0.2) is 8.78 Å². The maximum absolute atomic E-state index is 13.3. The first kappa shape index (κ1) is 16.5. The minimum atomic E-state index is -0.265.